The summed E-state index contributed by atoms with van der Waals surface area (Å²) in [7, 11) is 0. The number of aliphatic hydroxyl groups is 2. The fourth-order valence-electron chi connectivity index (χ4n) is 2.84. The summed E-state index contributed by atoms with van der Waals surface area (Å²) in [5, 5.41) is 23.8. The molecule has 12 heteroatoms. The van der Waals surface area contributed by atoms with Gasteiger partial charge >= 0.3 is 0 Å². The summed E-state index contributed by atoms with van der Waals surface area (Å²) in [6, 6.07) is 0. The number of imidazole rings is 1. The predicted molar refractivity (Wildman–Crippen MR) is 93.8 cm³/mol. The molecule has 0 amide bonds. The van der Waals surface area contributed by atoms with Crippen LogP contribution in [0, 0.1) is 0 Å². The molecule has 2 aromatic heterocycles. The van der Waals surface area contributed by atoms with E-state index in [0.717, 1.165) is 6.42 Å². The maximum Gasteiger partial charge on any atom is 0.185 e. The van der Waals surface area contributed by atoms with Gasteiger partial charge in [0.1, 0.15) is 30.2 Å². The number of hydrogen-bond acceptors (Lipinski definition) is 9. The zero-order valence-corrected chi connectivity index (χ0v) is 14.1. The molecule has 0 bridgehead atoms. The van der Waals surface area contributed by atoms with E-state index in [2.05, 4.69) is 25.3 Å². The van der Waals surface area contributed by atoms with Gasteiger partial charge in [0, 0.05) is 13.1 Å². The predicted octanol–water partition coefficient (Wildman–Crippen LogP) is -2.72. The molecule has 0 aliphatic carbocycles. The van der Waals surface area contributed by atoms with Gasteiger partial charge in [0.15, 0.2) is 23.7 Å². The summed E-state index contributed by atoms with van der Waals surface area (Å²) >= 11 is 0. The molecule has 1 aliphatic heterocycles. The van der Waals surface area contributed by atoms with Gasteiger partial charge in [-0.2, -0.15) is 0 Å². The maximum atomic E-state index is 10.4. The number of nitrogens with zero attached hydrogens (tertiary/aromatic N) is 5. The van der Waals surface area contributed by atoms with Crippen molar-refractivity contribution >= 4 is 22.9 Å². The summed E-state index contributed by atoms with van der Waals surface area (Å²) < 4.78 is 7.36. The molecular formula is C14H23N9O3. The second kappa shape index (κ2) is 7.78. The lowest BCUT2D eigenvalue weighted by molar-refractivity contribution is -0.0341. The second-order valence-corrected chi connectivity index (χ2v) is 5.99. The van der Waals surface area contributed by atoms with Crippen LogP contribution in [-0.2, 0) is 4.74 Å². The van der Waals surface area contributed by atoms with Crippen molar-refractivity contribution in [2.45, 2.75) is 31.0 Å². The molecule has 0 saturated carbocycles. The number of nitrogen functional groups attached to an aromatic ring is 1. The Bertz CT molecular complexity index is 776. The van der Waals surface area contributed by atoms with E-state index in [4.69, 9.17) is 21.9 Å². The van der Waals surface area contributed by atoms with Crippen LogP contribution in [0.5, 0.6) is 0 Å². The standard InChI is InChI=1S/C14H23N9O3/c15-11-8-12(21-5-20-11)23(6-22-8)13-10(25)9(24)7(26-13)4-18-2-1-3-19-14(16)17/h5-7,9-10,13,18,24-25H,1-4H2,(H2,15,20,21)(H4,16,17,19)/t7-,9-,10-,13-/m1/s1. The van der Waals surface area contributed by atoms with Crippen molar-refractivity contribution in [1.82, 2.24) is 24.8 Å². The molecule has 2 aromatic rings. The summed E-state index contributed by atoms with van der Waals surface area (Å²) in [5.74, 6) is 0.295. The minimum Gasteiger partial charge on any atom is -0.387 e. The molecule has 1 fully saturated rings. The number of aliphatic hydroxyl groups excluding tert-OH is 2. The molecule has 0 spiro atoms. The number of ether oxygens (including phenoxy) is 1. The molecule has 1 saturated heterocycles. The van der Waals surface area contributed by atoms with Crippen LogP contribution >= 0.6 is 0 Å². The highest BCUT2D eigenvalue weighted by Gasteiger charge is 2.44. The van der Waals surface area contributed by atoms with E-state index in [1.54, 1.807) is 4.57 Å². The third-order valence-electron chi connectivity index (χ3n) is 4.15. The number of guanidine groups is 1. The van der Waals surface area contributed by atoms with Gasteiger partial charge in [0.05, 0.1) is 6.33 Å². The van der Waals surface area contributed by atoms with Crippen LogP contribution in [0.3, 0.4) is 0 Å². The van der Waals surface area contributed by atoms with E-state index in [1.165, 1.54) is 12.7 Å². The van der Waals surface area contributed by atoms with Crippen LogP contribution in [0.4, 0.5) is 5.82 Å². The van der Waals surface area contributed by atoms with E-state index in [9.17, 15) is 10.2 Å². The Morgan fingerprint density at radius 1 is 1.27 bits per heavy atom. The minimum atomic E-state index is -1.13. The number of anilines is 1. The highest BCUT2D eigenvalue weighted by Crippen LogP contribution is 2.31. The van der Waals surface area contributed by atoms with Crippen molar-refractivity contribution in [2.75, 3.05) is 25.4 Å². The lowest BCUT2D eigenvalue weighted by Gasteiger charge is -2.16. The number of aromatic nitrogens is 4. The molecule has 4 atom stereocenters. The smallest absolute Gasteiger partial charge is 0.185 e. The van der Waals surface area contributed by atoms with E-state index < -0.39 is 24.5 Å². The second-order valence-electron chi connectivity index (χ2n) is 5.99. The fourth-order valence-corrected chi connectivity index (χ4v) is 2.84. The highest BCUT2D eigenvalue weighted by atomic mass is 16.6. The third-order valence-corrected chi connectivity index (χ3v) is 4.15. The number of aliphatic imine (C=N–C) groups is 1. The van der Waals surface area contributed by atoms with Gasteiger partial charge in [-0.05, 0) is 13.0 Å². The van der Waals surface area contributed by atoms with Crippen molar-refractivity contribution in [3.8, 4) is 0 Å². The Balaban J connectivity index is 1.60. The van der Waals surface area contributed by atoms with Crippen molar-refractivity contribution in [3.63, 3.8) is 0 Å². The number of fused-ring (bicyclic) bond motifs is 1. The highest BCUT2D eigenvalue weighted by molar-refractivity contribution is 5.81. The number of nitrogens with one attached hydrogen (secondary N) is 1. The zero-order valence-electron chi connectivity index (χ0n) is 14.1. The van der Waals surface area contributed by atoms with Crippen molar-refractivity contribution in [1.29, 1.82) is 0 Å². The first-order valence-electron chi connectivity index (χ1n) is 8.19. The Labute approximate surface area is 149 Å². The van der Waals surface area contributed by atoms with E-state index >= 15 is 0 Å². The van der Waals surface area contributed by atoms with Gasteiger partial charge in [-0.15, -0.1) is 0 Å². The lowest BCUT2D eigenvalue weighted by Crippen LogP contribution is -2.38. The lowest BCUT2D eigenvalue weighted by atomic mass is 10.1. The molecule has 0 unspecified atom stereocenters. The molecular weight excluding hydrogens is 342 g/mol. The zero-order chi connectivity index (χ0) is 18.7. The summed E-state index contributed by atoms with van der Waals surface area (Å²) in [6.45, 7) is 1.51. The van der Waals surface area contributed by atoms with Gasteiger partial charge in [0.2, 0.25) is 0 Å². The summed E-state index contributed by atoms with van der Waals surface area (Å²) in [4.78, 5) is 16.0. The van der Waals surface area contributed by atoms with Crippen LogP contribution in [0.15, 0.2) is 17.6 Å². The Morgan fingerprint density at radius 3 is 2.85 bits per heavy atom. The Hall–Kier alpha value is -2.54. The minimum absolute atomic E-state index is 0.0579. The van der Waals surface area contributed by atoms with Crippen molar-refractivity contribution in [2.24, 2.45) is 16.5 Å². The first-order valence-corrected chi connectivity index (χ1v) is 8.19. The Kier molecular flexibility index (Phi) is 5.46. The maximum absolute atomic E-state index is 10.4. The van der Waals surface area contributed by atoms with Crippen LogP contribution in [0.2, 0.25) is 0 Å². The van der Waals surface area contributed by atoms with Crippen molar-refractivity contribution < 1.29 is 14.9 Å². The number of nitrogens with two attached hydrogens (primary N) is 3. The topological polar surface area (TPSA) is 196 Å². The molecule has 1 aliphatic rings. The monoisotopic (exact) mass is 365 g/mol. The molecule has 3 rings (SSSR count). The average Bonchev–Trinajstić information content (AvgIpc) is 3.15. The van der Waals surface area contributed by atoms with Gasteiger partial charge in [-0.25, -0.2) is 15.0 Å². The van der Waals surface area contributed by atoms with Gasteiger partial charge < -0.3 is 37.5 Å². The first-order chi connectivity index (χ1) is 12.5. The van der Waals surface area contributed by atoms with Gasteiger partial charge in [-0.1, -0.05) is 0 Å². The average molecular weight is 365 g/mol. The fraction of sp³-hybridized carbons (Fsp3) is 0.571. The Morgan fingerprint density at radius 2 is 2.08 bits per heavy atom. The summed E-state index contributed by atoms with van der Waals surface area (Å²) in [5.41, 5.74) is 17.1. The number of hydrogen-bond donors (Lipinski definition) is 6. The molecule has 26 heavy (non-hydrogen) atoms. The first kappa shape index (κ1) is 18.3. The van der Waals surface area contributed by atoms with Crippen LogP contribution in [0.25, 0.3) is 11.2 Å². The van der Waals surface area contributed by atoms with E-state index in [0.29, 0.717) is 30.8 Å². The van der Waals surface area contributed by atoms with Crippen LogP contribution < -0.4 is 22.5 Å². The van der Waals surface area contributed by atoms with E-state index in [1.807, 2.05) is 0 Å². The molecule has 142 valence electrons. The van der Waals surface area contributed by atoms with Crippen LogP contribution in [0.1, 0.15) is 12.6 Å². The molecule has 3 heterocycles. The normalized spacial score (nSPS) is 25.6. The molecule has 9 N–H and O–H groups in total. The molecule has 0 aromatic carbocycles. The summed E-state index contributed by atoms with van der Waals surface area (Å²) in [6.07, 6.45) is -0.0917. The van der Waals surface area contributed by atoms with E-state index in [-0.39, 0.29) is 11.8 Å². The van der Waals surface area contributed by atoms with Gasteiger partial charge in [0.25, 0.3) is 0 Å². The SMILES string of the molecule is NC(N)=NCCCNC[C@H]1O[C@@H](n2cnc3c(N)ncnc32)[C@H](O)[C@@H]1O. The third kappa shape index (κ3) is 3.67. The number of rotatable bonds is 7. The van der Waals surface area contributed by atoms with Gasteiger partial charge in [-0.3, -0.25) is 9.56 Å². The van der Waals surface area contributed by atoms with Crippen LogP contribution in [-0.4, -0.2) is 73.6 Å². The quantitative estimate of drug-likeness (QED) is 0.170. The van der Waals surface area contributed by atoms with Crippen molar-refractivity contribution in [3.05, 3.63) is 12.7 Å². The molecule has 0 radical (unpaired) electrons. The molecule has 12 nitrogen and oxygen atoms in total. The largest absolute Gasteiger partial charge is 0.387 e.